The first-order chi connectivity index (χ1) is 36.9. The molecule has 0 bridgehead atoms. The van der Waals surface area contributed by atoms with Gasteiger partial charge in [-0.1, -0.05) is 53.7 Å². The zero-order chi connectivity index (χ0) is 59.4. The van der Waals surface area contributed by atoms with Gasteiger partial charge in [-0.05, 0) is 95.5 Å². The van der Waals surface area contributed by atoms with Crippen molar-refractivity contribution >= 4 is 94.1 Å². The number of rotatable bonds is 27. The third-order valence-electron chi connectivity index (χ3n) is 13.1. The first kappa shape index (κ1) is 65.3. The van der Waals surface area contributed by atoms with Crippen molar-refractivity contribution in [2.45, 2.75) is 124 Å². The third-order valence-corrected chi connectivity index (χ3v) is 21.6. The van der Waals surface area contributed by atoms with Gasteiger partial charge in [-0.2, -0.15) is 35.0 Å². The Morgan fingerprint density at radius 2 is 1.59 bits per heavy atom. The molecule has 1 amide bonds. The van der Waals surface area contributed by atoms with Crippen molar-refractivity contribution in [3.05, 3.63) is 106 Å². The van der Waals surface area contributed by atoms with Crippen LogP contribution in [0, 0.1) is 0 Å². The van der Waals surface area contributed by atoms with E-state index in [1.807, 2.05) is 78.8 Å². The van der Waals surface area contributed by atoms with Gasteiger partial charge in [0.25, 0.3) is 20.2 Å². The average Bonchev–Trinajstić information content (AvgIpc) is 3.90. The summed E-state index contributed by atoms with van der Waals surface area (Å²) in [6, 6.07) is 10.4. The van der Waals surface area contributed by atoms with Crippen LogP contribution in [0.15, 0.2) is 99.3 Å². The number of unbranched alkanes of at least 4 members (excludes halogenated alkanes) is 2. The summed E-state index contributed by atoms with van der Waals surface area (Å²) in [4.78, 5) is 68.3. The summed E-state index contributed by atoms with van der Waals surface area (Å²) in [6.45, 7) is 14.3. The summed E-state index contributed by atoms with van der Waals surface area (Å²) in [6.07, 6.45) is 9.82. The maximum Gasteiger partial charge on any atom is 0.490 e. The number of likely N-dealkylation sites (N-methyl/N-ethyl adjacent to an activating group) is 1. The van der Waals surface area contributed by atoms with Crippen LogP contribution >= 0.6 is 45.1 Å². The van der Waals surface area contributed by atoms with Gasteiger partial charge in [-0.15, -0.1) is 0 Å². The van der Waals surface area contributed by atoms with Crippen molar-refractivity contribution in [1.29, 1.82) is 0 Å². The van der Waals surface area contributed by atoms with Crippen LogP contribution in [0.1, 0.15) is 97.9 Å². The minimum atomic E-state index is -5.79. The SMILES string of the molecule is CCN1/C(=C/C=C/C=C/C2=[N+](CCCCCC(=O)NCC(C)(C)SSCO[C@@H]3C[C@H](n4ccc(N)nc4=O)O[C@@H]3COP(=O)(O)OP(=O)(O)OP(=O)(O)O)c3ccc(S(=O)(=O)O)cc3C2(C)C)C(C)(C)c2cc(S(=O)(=O)O)ccc21. The van der Waals surface area contributed by atoms with E-state index in [1.165, 1.54) is 58.1 Å². The fourth-order valence-corrected chi connectivity index (χ4v) is 15.6. The molecular weight excluding hydrogens is 1190 g/mol. The van der Waals surface area contributed by atoms with Gasteiger partial charge in [0.1, 0.15) is 30.6 Å². The normalized spacial score (nSPS) is 21.3. The molecule has 33 heteroatoms. The Morgan fingerprint density at radius 3 is 2.23 bits per heavy atom. The van der Waals surface area contributed by atoms with Crippen molar-refractivity contribution in [2.24, 2.45) is 0 Å². The number of nitrogens with two attached hydrogens (primary N) is 1. The Morgan fingerprint density at radius 1 is 0.925 bits per heavy atom. The number of phosphoric acid groups is 3. The monoisotopic (exact) mass is 1260 g/mol. The van der Waals surface area contributed by atoms with Crippen LogP contribution in [-0.2, 0) is 72.2 Å². The van der Waals surface area contributed by atoms with Crippen LogP contribution in [0.25, 0.3) is 0 Å². The van der Waals surface area contributed by atoms with E-state index in [1.54, 1.807) is 12.1 Å². The van der Waals surface area contributed by atoms with Gasteiger partial charge in [0.05, 0.1) is 27.9 Å². The van der Waals surface area contributed by atoms with Crippen molar-refractivity contribution < 1.29 is 91.2 Å². The lowest BCUT2D eigenvalue weighted by molar-refractivity contribution is -0.438. The molecule has 6 rings (SSSR count). The predicted molar refractivity (Wildman–Crippen MR) is 299 cm³/mol. The summed E-state index contributed by atoms with van der Waals surface area (Å²) >= 11 is 0. The topological polar surface area (TPSA) is 383 Å². The van der Waals surface area contributed by atoms with E-state index < -0.39 is 90.0 Å². The number of allylic oxidation sites excluding steroid dienone is 6. The second kappa shape index (κ2) is 25.5. The van der Waals surface area contributed by atoms with E-state index in [-0.39, 0.29) is 46.8 Å². The van der Waals surface area contributed by atoms with Gasteiger partial charge in [0.2, 0.25) is 11.6 Å². The molecule has 3 aliphatic rings. The molecule has 80 heavy (non-hydrogen) atoms. The second-order valence-corrected chi connectivity index (χ2v) is 30.5. The predicted octanol–water partition coefficient (Wildman–Crippen LogP) is 7.02. The number of fused-ring (bicyclic) bond motifs is 2. The summed E-state index contributed by atoms with van der Waals surface area (Å²) in [5.41, 5.74) is 8.44. The Labute approximate surface area is 471 Å². The molecule has 4 heterocycles. The Balaban J connectivity index is 1.02. The van der Waals surface area contributed by atoms with Gasteiger partial charge in [-0.3, -0.25) is 23.0 Å². The van der Waals surface area contributed by atoms with E-state index in [2.05, 4.69) is 28.4 Å². The number of nitrogen functional groups attached to an aromatic ring is 1. The number of hydrogen-bond donors (Lipinski definition) is 8. The van der Waals surface area contributed by atoms with Gasteiger partial charge in [0, 0.05) is 77.8 Å². The molecule has 1 aromatic heterocycles. The van der Waals surface area contributed by atoms with E-state index in [0.717, 1.165) is 32.9 Å². The number of benzene rings is 2. The lowest BCUT2D eigenvalue weighted by Gasteiger charge is -2.25. The Bertz CT molecular complexity index is 3400. The number of nitrogens with zero attached hydrogens (tertiary/aromatic N) is 4. The van der Waals surface area contributed by atoms with Crippen LogP contribution in [0.3, 0.4) is 0 Å². The van der Waals surface area contributed by atoms with E-state index in [9.17, 15) is 59.0 Å². The first-order valence-corrected chi connectivity index (χ1v) is 34.4. The number of phosphoric ester groups is 1. The minimum Gasteiger partial charge on any atom is -0.383 e. The van der Waals surface area contributed by atoms with Crippen molar-refractivity contribution in [3.63, 3.8) is 0 Å². The zero-order valence-electron chi connectivity index (χ0n) is 44.5. The molecule has 1 fully saturated rings. The van der Waals surface area contributed by atoms with Gasteiger partial charge >= 0.3 is 29.2 Å². The zero-order valence-corrected chi connectivity index (χ0v) is 50.5. The van der Waals surface area contributed by atoms with E-state index in [0.29, 0.717) is 37.9 Å². The summed E-state index contributed by atoms with van der Waals surface area (Å²) in [7, 11) is -23.2. The standard InChI is InChI=1S/C47H65N6O20P3S4/c1-8-51-35-20-18-31(79(63,64)65)25-33(35)46(4,5)39(51)15-11-9-12-16-40-47(6,7)34-26-32(80(66,67)68)19-21-36(34)52(40)23-14-10-13-17-42(54)49-29-45(2,3)78-77-30-69-37-27-43(53-24-22-41(48)50-44(53)55)71-38(37)28-70-75(59,60)73-76(61,62)72-74(56,57)58/h9,11-12,15-16,18-22,24-26,37-38,43H,8,10,13-14,17,23,27-30H2,1-7H3,(H8-,48,49,50,54,55,56,57,58,59,60,61,62,63,64,65,66,67,68)/p+1/t37-,38-,43-/m1/s1. The molecular formula is C47H66N6O20P3S4+. The smallest absolute Gasteiger partial charge is 0.383 e. The Kier molecular flexibility index (Phi) is 20.8. The minimum absolute atomic E-state index is 0.00786. The van der Waals surface area contributed by atoms with E-state index in [4.69, 9.17) is 29.5 Å². The van der Waals surface area contributed by atoms with Crippen LogP contribution in [0.5, 0.6) is 0 Å². The van der Waals surface area contributed by atoms with Gasteiger partial charge < -0.3 is 45.0 Å². The van der Waals surface area contributed by atoms with Gasteiger partial charge in [0.15, 0.2) is 5.71 Å². The van der Waals surface area contributed by atoms with Gasteiger partial charge in [-0.25, -0.2) is 18.5 Å². The number of ether oxygens (including phenoxy) is 2. The highest BCUT2D eigenvalue weighted by molar-refractivity contribution is 8.77. The number of nitrogens with one attached hydrogen (secondary N) is 1. The largest absolute Gasteiger partial charge is 0.490 e. The molecule has 442 valence electrons. The van der Waals surface area contributed by atoms with Crippen molar-refractivity contribution in [1.82, 2.24) is 14.9 Å². The molecule has 0 spiro atoms. The quantitative estimate of drug-likeness (QED) is 0.00722. The number of hydrogen-bond acceptors (Lipinski definition) is 19. The van der Waals surface area contributed by atoms with Crippen LogP contribution in [0.2, 0.25) is 0 Å². The highest BCUT2D eigenvalue weighted by atomic mass is 33.1. The van der Waals surface area contributed by atoms with Crippen molar-refractivity contribution in [2.75, 3.05) is 42.8 Å². The lowest BCUT2D eigenvalue weighted by Crippen LogP contribution is -2.35. The molecule has 0 radical (unpaired) electrons. The molecule has 26 nitrogen and oxygen atoms in total. The summed E-state index contributed by atoms with van der Waals surface area (Å²) in [5, 5.41) is 2.97. The van der Waals surface area contributed by atoms with E-state index >= 15 is 0 Å². The third kappa shape index (κ3) is 16.9. The number of aromatic nitrogens is 2. The molecule has 5 atom stereocenters. The highest BCUT2D eigenvalue weighted by Gasteiger charge is 2.46. The molecule has 0 saturated carbocycles. The van der Waals surface area contributed by atoms with Crippen LogP contribution in [0.4, 0.5) is 17.2 Å². The molecule has 1 saturated heterocycles. The lowest BCUT2D eigenvalue weighted by atomic mass is 9.81. The molecule has 0 aliphatic carbocycles. The number of amides is 1. The average molecular weight is 1260 g/mol. The summed E-state index contributed by atoms with van der Waals surface area (Å²) in [5.74, 6) is -0.239. The number of anilines is 2. The molecule has 2 unspecified atom stereocenters. The first-order valence-electron chi connectivity index (χ1n) is 24.6. The maximum absolute atomic E-state index is 13.1. The Hall–Kier alpha value is -3.87. The van der Waals surface area contributed by atoms with Crippen LogP contribution < -0.4 is 21.6 Å². The maximum atomic E-state index is 13.1. The molecule has 3 aliphatic heterocycles. The fraction of sp³-hybridized carbons (Fsp3) is 0.489. The molecule has 2 aromatic carbocycles. The molecule has 3 aromatic rings. The van der Waals surface area contributed by atoms with Crippen LogP contribution in [-0.4, -0.2) is 120 Å². The summed E-state index contributed by atoms with van der Waals surface area (Å²) < 4.78 is 130. The molecule has 9 N–H and O–H groups in total. The van der Waals surface area contributed by atoms with Crippen molar-refractivity contribution in [3.8, 4) is 0 Å². The fourth-order valence-electron chi connectivity index (χ4n) is 9.34. The number of carbonyl (C=O) groups is 1. The highest BCUT2D eigenvalue weighted by Crippen LogP contribution is 2.66. The second-order valence-electron chi connectivity index (χ2n) is 20.3. The number of carbonyl (C=O) groups excluding carboxylic acids is 1.